The summed E-state index contributed by atoms with van der Waals surface area (Å²) < 4.78 is 38.7. The van der Waals surface area contributed by atoms with Gasteiger partial charge >= 0.3 is 6.18 Å². The lowest BCUT2D eigenvalue weighted by molar-refractivity contribution is -0.136. The van der Waals surface area contributed by atoms with Gasteiger partial charge in [0.15, 0.2) is 5.82 Å². The monoisotopic (exact) mass is 298 g/mol. The van der Waals surface area contributed by atoms with Gasteiger partial charge in [0.05, 0.1) is 23.0 Å². The van der Waals surface area contributed by atoms with Crippen LogP contribution >= 0.6 is 11.6 Å². The largest absolute Gasteiger partial charge is 0.418 e. The number of hydrogen-bond acceptors (Lipinski definition) is 4. The number of halogens is 4. The summed E-state index contributed by atoms with van der Waals surface area (Å²) in [5, 5.41) is 18.4. The van der Waals surface area contributed by atoms with Gasteiger partial charge in [0.1, 0.15) is 6.07 Å². The van der Waals surface area contributed by atoms with E-state index in [0.29, 0.717) is 0 Å². The van der Waals surface area contributed by atoms with Crippen LogP contribution in [0.25, 0.3) is 0 Å². The van der Waals surface area contributed by atoms with Gasteiger partial charge in [-0.25, -0.2) is 0 Å². The summed E-state index contributed by atoms with van der Waals surface area (Å²) >= 11 is 5.58. The summed E-state index contributed by atoms with van der Waals surface area (Å²) in [6.45, 7) is 0. The first kappa shape index (κ1) is 14.1. The lowest BCUT2D eigenvalue weighted by Gasteiger charge is -2.14. The van der Waals surface area contributed by atoms with Crippen LogP contribution in [0.3, 0.4) is 0 Å². The molecular formula is C12H6ClF3N4. The zero-order chi connectivity index (χ0) is 14.8. The number of anilines is 2. The van der Waals surface area contributed by atoms with Gasteiger partial charge in [-0.3, -0.25) is 0 Å². The summed E-state index contributed by atoms with van der Waals surface area (Å²) in [5.74, 6) is -0.0529. The second-order valence-electron chi connectivity index (χ2n) is 3.72. The van der Waals surface area contributed by atoms with Crippen molar-refractivity contribution in [1.29, 1.82) is 5.26 Å². The van der Waals surface area contributed by atoms with Gasteiger partial charge < -0.3 is 5.32 Å². The molecule has 4 nitrogen and oxygen atoms in total. The number of alkyl halides is 3. The van der Waals surface area contributed by atoms with E-state index in [1.165, 1.54) is 24.4 Å². The summed E-state index contributed by atoms with van der Waals surface area (Å²) in [4.78, 5) is 0. The van der Waals surface area contributed by atoms with Crippen LogP contribution in [0.5, 0.6) is 0 Å². The summed E-state index contributed by atoms with van der Waals surface area (Å²) in [6, 6.07) is 6.43. The van der Waals surface area contributed by atoms with E-state index in [4.69, 9.17) is 16.9 Å². The molecule has 0 unspecified atom stereocenters. The smallest absolute Gasteiger partial charge is 0.337 e. The molecule has 20 heavy (non-hydrogen) atoms. The third-order valence-electron chi connectivity index (χ3n) is 2.38. The maximum Gasteiger partial charge on any atom is 0.418 e. The molecule has 0 aliphatic carbocycles. The van der Waals surface area contributed by atoms with Crippen LogP contribution in [0.2, 0.25) is 5.02 Å². The van der Waals surface area contributed by atoms with Crippen molar-refractivity contribution in [3.63, 3.8) is 0 Å². The molecule has 0 bridgehead atoms. The molecule has 0 radical (unpaired) electrons. The van der Waals surface area contributed by atoms with E-state index in [-0.39, 0.29) is 22.1 Å². The highest BCUT2D eigenvalue weighted by molar-refractivity contribution is 6.30. The predicted octanol–water partition coefficient (Wildman–Crippen LogP) is 3.76. The highest BCUT2D eigenvalue weighted by Crippen LogP contribution is 2.37. The maximum atomic E-state index is 12.9. The number of benzene rings is 1. The van der Waals surface area contributed by atoms with Crippen LogP contribution in [0, 0.1) is 11.3 Å². The highest BCUT2D eigenvalue weighted by atomic mass is 35.5. The van der Waals surface area contributed by atoms with Crippen molar-refractivity contribution in [1.82, 2.24) is 10.2 Å². The van der Waals surface area contributed by atoms with E-state index in [9.17, 15) is 13.2 Å². The highest BCUT2D eigenvalue weighted by Gasteiger charge is 2.34. The lowest BCUT2D eigenvalue weighted by Crippen LogP contribution is -2.10. The molecular weight excluding hydrogens is 293 g/mol. The molecule has 0 saturated heterocycles. The van der Waals surface area contributed by atoms with Crippen molar-refractivity contribution in [2.24, 2.45) is 0 Å². The summed E-state index contributed by atoms with van der Waals surface area (Å²) in [7, 11) is 0. The topological polar surface area (TPSA) is 61.6 Å². The Balaban J connectivity index is 2.47. The van der Waals surface area contributed by atoms with E-state index >= 15 is 0 Å². The minimum Gasteiger partial charge on any atom is -0.337 e. The Hall–Kier alpha value is -2.33. The van der Waals surface area contributed by atoms with E-state index in [1.807, 2.05) is 6.07 Å². The van der Waals surface area contributed by atoms with Crippen LogP contribution in [-0.2, 0) is 6.18 Å². The van der Waals surface area contributed by atoms with E-state index in [2.05, 4.69) is 15.5 Å². The number of hydrogen-bond donors (Lipinski definition) is 1. The van der Waals surface area contributed by atoms with E-state index < -0.39 is 11.7 Å². The lowest BCUT2D eigenvalue weighted by atomic mass is 10.1. The molecule has 0 spiro atoms. The molecule has 8 heteroatoms. The molecule has 2 rings (SSSR count). The standard InChI is InChI=1S/C12H6ClF3N4/c13-8-1-2-10(9(5-8)12(14,15)16)19-11-7(6-17)3-4-18-20-11/h1-5H,(H,19,20). The first-order valence-corrected chi connectivity index (χ1v) is 5.65. The fraction of sp³-hybridized carbons (Fsp3) is 0.0833. The van der Waals surface area contributed by atoms with Crippen LogP contribution < -0.4 is 5.32 Å². The normalized spacial score (nSPS) is 10.9. The average Bonchev–Trinajstić information content (AvgIpc) is 2.40. The van der Waals surface area contributed by atoms with Gasteiger partial charge in [0, 0.05) is 5.02 Å². The van der Waals surface area contributed by atoms with Crippen molar-refractivity contribution in [3.8, 4) is 6.07 Å². The Morgan fingerprint density at radius 2 is 2.00 bits per heavy atom. The molecule has 1 aromatic heterocycles. The Morgan fingerprint density at radius 3 is 2.65 bits per heavy atom. The molecule has 0 fully saturated rings. The Labute approximate surface area is 116 Å². The van der Waals surface area contributed by atoms with Crippen molar-refractivity contribution in [3.05, 3.63) is 46.6 Å². The molecule has 1 heterocycles. The first-order valence-electron chi connectivity index (χ1n) is 5.27. The van der Waals surface area contributed by atoms with Crippen LogP contribution in [0.1, 0.15) is 11.1 Å². The molecule has 0 saturated carbocycles. The van der Waals surface area contributed by atoms with Crippen molar-refractivity contribution < 1.29 is 13.2 Å². The zero-order valence-corrected chi connectivity index (χ0v) is 10.5. The van der Waals surface area contributed by atoms with Gasteiger partial charge in [-0.15, -0.1) is 5.10 Å². The molecule has 0 atom stereocenters. The fourth-order valence-corrected chi connectivity index (χ4v) is 1.67. The quantitative estimate of drug-likeness (QED) is 0.917. The van der Waals surface area contributed by atoms with Crippen molar-refractivity contribution in [2.45, 2.75) is 6.18 Å². The van der Waals surface area contributed by atoms with Gasteiger partial charge in [-0.1, -0.05) is 11.6 Å². The molecule has 102 valence electrons. The van der Waals surface area contributed by atoms with Gasteiger partial charge in [-0.2, -0.15) is 23.5 Å². The fourth-order valence-electron chi connectivity index (χ4n) is 1.50. The van der Waals surface area contributed by atoms with Gasteiger partial charge in [0.2, 0.25) is 0 Å². The third kappa shape index (κ3) is 2.97. The molecule has 2 aromatic rings. The zero-order valence-electron chi connectivity index (χ0n) is 9.74. The number of nitrogens with one attached hydrogen (secondary N) is 1. The predicted molar refractivity (Wildman–Crippen MR) is 66.5 cm³/mol. The number of rotatable bonds is 2. The summed E-state index contributed by atoms with van der Waals surface area (Å²) in [6.07, 6.45) is -3.31. The number of nitriles is 1. The number of aromatic nitrogens is 2. The molecule has 1 aromatic carbocycles. The van der Waals surface area contributed by atoms with E-state index in [0.717, 1.165) is 6.07 Å². The van der Waals surface area contributed by atoms with E-state index in [1.54, 1.807) is 0 Å². The van der Waals surface area contributed by atoms with Gasteiger partial charge in [0.25, 0.3) is 0 Å². The maximum absolute atomic E-state index is 12.9. The molecule has 0 aliphatic heterocycles. The Morgan fingerprint density at radius 1 is 1.25 bits per heavy atom. The first-order chi connectivity index (χ1) is 9.41. The van der Waals surface area contributed by atoms with Crippen LogP contribution in [0.15, 0.2) is 30.5 Å². The van der Waals surface area contributed by atoms with Crippen molar-refractivity contribution in [2.75, 3.05) is 5.32 Å². The number of nitrogens with zero attached hydrogens (tertiary/aromatic N) is 3. The van der Waals surface area contributed by atoms with Crippen LogP contribution in [0.4, 0.5) is 24.7 Å². The molecule has 1 N–H and O–H groups in total. The SMILES string of the molecule is N#Cc1ccnnc1Nc1ccc(Cl)cc1C(F)(F)F. The summed E-state index contributed by atoms with van der Waals surface area (Å²) in [5.41, 5.74) is -1.11. The third-order valence-corrected chi connectivity index (χ3v) is 2.62. The minimum atomic E-state index is -4.58. The second-order valence-corrected chi connectivity index (χ2v) is 4.15. The molecule has 0 aliphatic rings. The molecule has 0 amide bonds. The Kier molecular flexibility index (Phi) is 3.77. The van der Waals surface area contributed by atoms with Gasteiger partial charge in [-0.05, 0) is 24.3 Å². The average molecular weight is 299 g/mol. The minimum absolute atomic E-state index is 0.0393. The van der Waals surface area contributed by atoms with Crippen molar-refractivity contribution >= 4 is 23.1 Å². The Bertz CT molecular complexity index is 679. The second kappa shape index (κ2) is 5.35. The van der Waals surface area contributed by atoms with Crippen LogP contribution in [-0.4, -0.2) is 10.2 Å².